The molecule has 5 heteroatoms. The van der Waals surface area contributed by atoms with Crippen molar-refractivity contribution in [2.24, 2.45) is 4.99 Å². The maximum absolute atomic E-state index is 6.10. The van der Waals surface area contributed by atoms with Crippen LogP contribution in [0.1, 0.15) is 38.8 Å². The maximum Gasteiger partial charge on any atom is 0.494 e. The van der Waals surface area contributed by atoms with Gasteiger partial charge < -0.3 is 14.6 Å². The van der Waals surface area contributed by atoms with E-state index in [2.05, 4.69) is 63.6 Å². The molecule has 1 N–H and O–H groups in total. The summed E-state index contributed by atoms with van der Waals surface area (Å²) in [5.41, 5.74) is 2.51. The van der Waals surface area contributed by atoms with Crippen molar-refractivity contribution in [3.8, 4) is 0 Å². The van der Waals surface area contributed by atoms with E-state index in [1.54, 1.807) is 7.05 Å². The SMILES string of the molecule is C=C(N=Cc1cc(B2OC(C)(C)C(C)(C)O2)ccc1C)NC. The quantitative estimate of drug-likeness (QED) is 0.686. The number of aliphatic imine (C=N–C) groups is 1. The van der Waals surface area contributed by atoms with E-state index >= 15 is 0 Å². The molecule has 0 bridgehead atoms. The van der Waals surface area contributed by atoms with E-state index in [4.69, 9.17) is 9.31 Å². The first-order chi connectivity index (χ1) is 10.2. The number of rotatable bonds is 4. The molecule has 4 nitrogen and oxygen atoms in total. The summed E-state index contributed by atoms with van der Waals surface area (Å²) in [6.07, 6.45) is 1.81. The third-order valence-corrected chi connectivity index (χ3v) is 4.48. The van der Waals surface area contributed by atoms with Crippen LogP contribution >= 0.6 is 0 Å². The van der Waals surface area contributed by atoms with Crippen LogP contribution in [0.15, 0.2) is 35.6 Å². The molecule has 1 aliphatic heterocycles. The summed E-state index contributed by atoms with van der Waals surface area (Å²) in [7, 11) is 1.44. The summed E-state index contributed by atoms with van der Waals surface area (Å²) < 4.78 is 12.2. The average Bonchev–Trinajstić information content (AvgIpc) is 2.66. The summed E-state index contributed by atoms with van der Waals surface area (Å²) >= 11 is 0. The average molecular weight is 300 g/mol. The summed E-state index contributed by atoms with van der Waals surface area (Å²) in [5.74, 6) is 0.625. The predicted molar refractivity (Wildman–Crippen MR) is 92.7 cm³/mol. The molecule has 1 aliphatic rings. The Balaban J connectivity index is 2.27. The summed E-state index contributed by atoms with van der Waals surface area (Å²) in [4.78, 5) is 4.29. The lowest BCUT2D eigenvalue weighted by atomic mass is 9.78. The number of hydrogen-bond donors (Lipinski definition) is 1. The highest BCUT2D eigenvalue weighted by Gasteiger charge is 2.51. The zero-order chi connectivity index (χ0) is 16.5. The van der Waals surface area contributed by atoms with Gasteiger partial charge in [0.15, 0.2) is 0 Å². The van der Waals surface area contributed by atoms with Gasteiger partial charge in [-0.3, -0.25) is 0 Å². The lowest BCUT2D eigenvalue weighted by molar-refractivity contribution is 0.00578. The van der Waals surface area contributed by atoms with Crippen molar-refractivity contribution in [1.29, 1.82) is 0 Å². The molecule has 1 fully saturated rings. The molecule has 22 heavy (non-hydrogen) atoms. The van der Waals surface area contributed by atoms with Crippen LogP contribution in [0.4, 0.5) is 0 Å². The van der Waals surface area contributed by atoms with Crippen molar-refractivity contribution in [3.05, 3.63) is 41.7 Å². The van der Waals surface area contributed by atoms with Gasteiger partial charge in [-0.1, -0.05) is 24.8 Å². The van der Waals surface area contributed by atoms with Gasteiger partial charge in [-0.25, -0.2) is 4.99 Å². The van der Waals surface area contributed by atoms with Gasteiger partial charge in [-0.15, -0.1) is 0 Å². The van der Waals surface area contributed by atoms with Crippen LogP contribution in [-0.4, -0.2) is 31.6 Å². The first-order valence-electron chi connectivity index (χ1n) is 7.53. The highest BCUT2D eigenvalue weighted by molar-refractivity contribution is 6.62. The molecule has 0 aliphatic carbocycles. The monoisotopic (exact) mass is 300 g/mol. The second-order valence-electron chi connectivity index (χ2n) is 6.66. The maximum atomic E-state index is 6.10. The van der Waals surface area contributed by atoms with Crippen LogP contribution in [0.5, 0.6) is 0 Å². The number of nitrogens with one attached hydrogen (secondary N) is 1. The van der Waals surface area contributed by atoms with Crippen LogP contribution in [0.3, 0.4) is 0 Å². The van der Waals surface area contributed by atoms with Gasteiger partial charge in [0.05, 0.1) is 11.2 Å². The summed E-state index contributed by atoms with van der Waals surface area (Å²) in [5, 5.41) is 2.90. The van der Waals surface area contributed by atoms with Gasteiger partial charge in [-0.2, -0.15) is 0 Å². The number of benzene rings is 1. The van der Waals surface area contributed by atoms with Gasteiger partial charge in [-0.05, 0) is 51.2 Å². The fourth-order valence-electron chi connectivity index (χ4n) is 2.14. The van der Waals surface area contributed by atoms with Crippen LogP contribution in [-0.2, 0) is 9.31 Å². The first-order valence-corrected chi connectivity index (χ1v) is 7.53. The Bertz CT molecular complexity index is 593. The van der Waals surface area contributed by atoms with E-state index in [1.807, 2.05) is 12.3 Å². The topological polar surface area (TPSA) is 42.9 Å². The van der Waals surface area contributed by atoms with E-state index in [1.165, 1.54) is 0 Å². The summed E-state index contributed by atoms with van der Waals surface area (Å²) in [6, 6.07) is 6.16. The van der Waals surface area contributed by atoms with Crippen LogP contribution in [0.2, 0.25) is 0 Å². The van der Waals surface area contributed by atoms with Crippen molar-refractivity contribution < 1.29 is 9.31 Å². The van der Waals surface area contributed by atoms with Crippen molar-refractivity contribution in [3.63, 3.8) is 0 Å². The number of nitrogens with zero attached hydrogens (tertiary/aromatic N) is 1. The molecule has 1 aromatic rings. The highest BCUT2D eigenvalue weighted by Crippen LogP contribution is 2.36. The second-order valence-corrected chi connectivity index (χ2v) is 6.66. The molecule has 0 saturated carbocycles. The zero-order valence-electron chi connectivity index (χ0n) is 14.4. The number of aryl methyl sites for hydroxylation is 1. The van der Waals surface area contributed by atoms with E-state index in [0.29, 0.717) is 5.82 Å². The molecular formula is C17H25BN2O2. The molecule has 1 heterocycles. The second kappa shape index (κ2) is 5.90. The Hall–Kier alpha value is -1.59. The zero-order valence-corrected chi connectivity index (χ0v) is 14.4. The Morgan fingerprint density at radius 2 is 1.82 bits per heavy atom. The molecule has 0 atom stereocenters. The van der Waals surface area contributed by atoms with E-state index < -0.39 is 0 Å². The number of hydrogen-bond acceptors (Lipinski definition) is 4. The molecule has 0 spiro atoms. The third kappa shape index (κ3) is 3.26. The Kier molecular flexibility index (Phi) is 4.50. The minimum atomic E-state index is -0.356. The van der Waals surface area contributed by atoms with Crippen LogP contribution in [0, 0.1) is 6.92 Å². The van der Waals surface area contributed by atoms with E-state index in [0.717, 1.165) is 16.6 Å². The molecule has 1 saturated heterocycles. The van der Waals surface area contributed by atoms with Crippen molar-refractivity contribution in [1.82, 2.24) is 5.32 Å². The molecule has 0 aromatic heterocycles. The largest absolute Gasteiger partial charge is 0.494 e. The smallest absolute Gasteiger partial charge is 0.399 e. The molecule has 0 radical (unpaired) electrons. The molecule has 2 rings (SSSR count). The van der Waals surface area contributed by atoms with Gasteiger partial charge in [0.2, 0.25) is 0 Å². The van der Waals surface area contributed by atoms with Crippen molar-refractivity contribution in [2.45, 2.75) is 45.8 Å². The van der Waals surface area contributed by atoms with Gasteiger partial charge in [0, 0.05) is 13.3 Å². The van der Waals surface area contributed by atoms with Gasteiger partial charge >= 0.3 is 7.12 Å². The van der Waals surface area contributed by atoms with Crippen molar-refractivity contribution in [2.75, 3.05) is 7.05 Å². The van der Waals surface area contributed by atoms with Crippen molar-refractivity contribution >= 4 is 18.8 Å². The fraction of sp³-hybridized carbons (Fsp3) is 0.471. The molecule has 0 unspecified atom stereocenters. The molecule has 1 aromatic carbocycles. The molecule has 0 amide bonds. The molecule has 118 valence electrons. The third-order valence-electron chi connectivity index (χ3n) is 4.48. The Morgan fingerprint density at radius 1 is 1.23 bits per heavy atom. The highest BCUT2D eigenvalue weighted by atomic mass is 16.7. The lowest BCUT2D eigenvalue weighted by Crippen LogP contribution is -2.41. The van der Waals surface area contributed by atoms with E-state index in [-0.39, 0.29) is 18.3 Å². The van der Waals surface area contributed by atoms with E-state index in [9.17, 15) is 0 Å². The normalized spacial score (nSPS) is 19.6. The Labute approximate surface area is 133 Å². The fourth-order valence-corrected chi connectivity index (χ4v) is 2.14. The lowest BCUT2D eigenvalue weighted by Gasteiger charge is -2.32. The van der Waals surface area contributed by atoms with Gasteiger partial charge in [0.25, 0.3) is 0 Å². The first kappa shape index (κ1) is 16.8. The van der Waals surface area contributed by atoms with Gasteiger partial charge in [0.1, 0.15) is 5.82 Å². The van der Waals surface area contributed by atoms with Crippen LogP contribution < -0.4 is 10.8 Å². The summed E-state index contributed by atoms with van der Waals surface area (Å²) in [6.45, 7) is 14.1. The van der Waals surface area contributed by atoms with Crippen LogP contribution in [0.25, 0.3) is 0 Å². The minimum absolute atomic E-state index is 0.336. The predicted octanol–water partition coefficient (Wildman–Crippen LogP) is 2.40. The minimum Gasteiger partial charge on any atom is -0.399 e. The molecular weight excluding hydrogens is 275 g/mol. The Morgan fingerprint density at radius 3 is 2.36 bits per heavy atom. The standard InChI is InChI=1S/C17H25BN2O2/c1-12-8-9-15(10-14(12)11-20-13(2)19-7)18-21-16(3,4)17(5,6)22-18/h8-11,19H,2H2,1,3-7H3.